The van der Waals surface area contributed by atoms with Crippen LogP contribution < -0.4 is 9.47 Å². The molecule has 14 aromatic carbocycles. The van der Waals surface area contributed by atoms with Gasteiger partial charge in [0.25, 0.3) is 0 Å². The number of hydrogen-bond donors (Lipinski definition) is 0. The average Bonchev–Trinajstić information content (AvgIpc) is 1.59. The Morgan fingerprint density at radius 3 is 1.20 bits per heavy atom. The van der Waals surface area contributed by atoms with Gasteiger partial charge in [0.1, 0.15) is 23.0 Å². The zero-order chi connectivity index (χ0) is 56.7. The summed E-state index contributed by atoms with van der Waals surface area (Å²) in [7, 11) is 0. The Kier molecular flexibility index (Phi) is 9.34. The third-order valence-corrected chi connectivity index (χ3v) is 20.0. The first kappa shape index (κ1) is 47.2. The molecule has 16 aromatic rings. The number of rotatable bonds is 4. The van der Waals surface area contributed by atoms with Gasteiger partial charge in [-0.3, -0.25) is 0 Å². The topological polar surface area (TPSA) is 28.3 Å². The predicted molar refractivity (Wildman–Crippen MR) is 354 cm³/mol. The lowest BCUT2D eigenvalue weighted by atomic mass is 9.66. The zero-order valence-electron chi connectivity index (χ0n) is 47.1. The molecule has 0 saturated heterocycles. The van der Waals surface area contributed by atoms with E-state index in [2.05, 4.69) is 300 Å². The van der Waals surface area contributed by atoms with Crippen LogP contribution in [-0.2, 0) is 17.3 Å². The molecule has 404 valence electrons. The molecular formula is C83H50N2O2. The number of ether oxygens (including phenoxy) is 2. The summed E-state index contributed by atoms with van der Waals surface area (Å²) in [6.07, 6.45) is 0.787. The number of aromatic nitrogens is 2. The Bertz CT molecular complexity index is 5600. The minimum Gasteiger partial charge on any atom is -0.457 e. The van der Waals surface area contributed by atoms with Crippen molar-refractivity contribution in [3.8, 4) is 56.6 Å². The molecule has 87 heavy (non-hydrogen) atoms. The highest BCUT2D eigenvalue weighted by molar-refractivity contribution is 6.23. The Morgan fingerprint density at radius 1 is 0.253 bits per heavy atom. The number of hydrogen-bond acceptors (Lipinski definition) is 2. The lowest BCUT2D eigenvalue weighted by molar-refractivity contribution is 0.437. The van der Waals surface area contributed by atoms with Crippen molar-refractivity contribution < 1.29 is 9.47 Å². The van der Waals surface area contributed by atoms with Crippen LogP contribution in [0.15, 0.2) is 291 Å². The molecule has 2 aliphatic carbocycles. The van der Waals surface area contributed by atoms with Gasteiger partial charge in [-0.1, -0.05) is 218 Å². The molecule has 20 rings (SSSR count). The fourth-order valence-electron chi connectivity index (χ4n) is 16.6. The van der Waals surface area contributed by atoms with Crippen LogP contribution in [0.4, 0.5) is 0 Å². The van der Waals surface area contributed by atoms with E-state index in [0.29, 0.717) is 0 Å². The first-order valence-corrected chi connectivity index (χ1v) is 30.3. The third kappa shape index (κ3) is 6.11. The normalized spacial score (nSPS) is 14.2. The van der Waals surface area contributed by atoms with E-state index in [-0.39, 0.29) is 0 Å². The van der Waals surface area contributed by atoms with Gasteiger partial charge in [-0.05, 0) is 156 Å². The van der Waals surface area contributed by atoms with Crippen molar-refractivity contribution in [1.29, 1.82) is 0 Å². The van der Waals surface area contributed by atoms with Gasteiger partial charge < -0.3 is 18.6 Å². The van der Waals surface area contributed by atoms with Gasteiger partial charge >= 0.3 is 0 Å². The molecule has 0 atom stereocenters. The molecule has 0 radical (unpaired) electrons. The number of benzene rings is 14. The minimum absolute atomic E-state index is 0.570. The van der Waals surface area contributed by atoms with Crippen LogP contribution >= 0.6 is 0 Å². The largest absolute Gasteiger partial charge is 0.457 e. The standard InChI is InChI=1S/C83H50N2O2/c1-2-19-54(20-3-1)84-73-43-38-53-45-51(36-41-57(53)81(73)63-47-79-70(48-74(63)84)82(68-30-14-17-33-77(68)87-79)64-26-10-6-22-58(64)59-23-7-11-27-65(59)82)44-50-34-39-55(40-35-50)85-72-42-37-52-18-4-5-21-56(52)80(72)62-46-78-71(49-75(62)85)83(69-31-15-16-32-76(69)86-78)66-28-12-8-24-60(66)61-25-9-13-29-67(61)83/h1-43,45-49H,44H2. The van der Waals surface area contributed by atoms with Gasteiger partial charge in [-0.25, -0.2) is 0 Å². The van der Waals surface area contributed by atoms with Crippen LogP contribution in [0.2, 0.25) is 0 Å². The van der Waals surface area contributed by atoms with E-state index in [4.69, 9.17) is 9.47 Å². The molecule has 0 amide bonds. The van der Waals surface area contributed by atoms with E-state index in [0.717, 1.165) is 74.0 Å². The second kappa shape index (κ2) is 17.2. The summed E-state index contributed by atoms with van der Waals surface area (Å²) >= 11 is 0. The number of para-hydroxylation sites is 3. The van der Waals surface area contributed by atoms with Crippen molar-refractivity contribution in [2.75, 3.05) is 0 Å². The van der Waals surface area contributed by atoms with E-state index >= 15 is 0 Å². The van der Waals surface area contributed by atoms with E-state index in [1.54, 1.807) is 0 Å². The molecule has 4 nitrogen and oxygen atoms in total. The predicted octanol–water partition coefficient (Wildman–Crippen LogP) is 20.7. The Labute approximate surface area is 501 Å². The lowest BCUT2D eigenvalue weighted by Crippen LogP contribution is -2.32. The summed E-state index contributed by atoms with van der Waals surface area (Å²) in [6.45, 7) is 0. The molecule has 0 unspecified atom stereocenters. The van der Waals surface area contributed by atoms with Gasteiger partial charge in [0.15, 0.2) is 0 Å². The maximum Gasteiger partial charge on any atom is 0.133 e. The monoisotopic (exact) mass is 1110 g/mol. The molecule has 4 heteroatoms. The van der Waals surface area contributed by atoms with Gasteiger partial charge in [0.05, 0.1) is 32.9 Å². The SMILES string of the molecule is c1ccc(-n2c3cc4c(cc3c3c5ccc(Cc6ccc(-n7c8cc9c(cc8c8c%10ccccc%10ccc87)Oc7ccccc7C97c8ccccc8-c8ccccc87)cc6)cc5ccc32)Oc2ccccc2C42c3ccccc3-c3ccccc32)cc1. The Morgan fingerprint density at radius 2 is 0.667 bits per heavy atom. The molecule has 0 bridgehead atoms. The summed E-state index contributed by atoms with van der Waals surface area (Å²) in [4.78, 5) is 0. The van der Waals surface area contributed by atoms with Crippen molar-refractivity contribution in [2.24, 2.45) is 0 Å². The van der Waals surface area contributed by atoms with E-state index < -0.39 is 10.8 Å². The van der Waals surface area contributed by atoms with Crippen molar-refractivity contribution in [1.82, 2.24) is 9.13 Å². The first-order valence-electron chi connectivity index (χ1n) is 30.3. The van der Waals surface area contributed by atoms with Crippen LogP contribution in [0.25, 0.3) is 98.8 Å². The van der Waals surface area contributed by atoms with Crippen LogP contribution in [0.3, 0.4) is 0 Å². The molecule has 0 N–H and O–H groups in total. The number of fused-ring (bicyclic) bond motifs is 28. The molecule has 0 fully saturated rings. The van der Waals surface area contributed by atoms with Gasteiger partial charge in [-0.15, -0.1) is 0 Å². The second-order valence-corrected chi connectivity index (χ2v) is 24.2. The molecule has 2 aromatic heterocycles. The van der Waals surface area contributed by atoms with Gasteiger partial charge in [0, 0.05) is 55.2 Å². The summed E-state index contributed by atoms with van der Waals surface area (Å²) < 4.78 is 19.2. The quantitative estimate of drug-likeness (QED) is 0.176. The van der Waals surface area contributed by atoms with Crippen molar-refractivity contribution in [2.45, 2.75) is 17.3 Å². The van der Waals surface area contributed by atoms with Crippen LogP contribution in [0.1, 0.15) is 55.6 Å². The maximum absolute atomic E-state index is 7.12. The average molecular weight is 1110 g/mol. The second-order valence-electron chi connectivity index (χ2n) is 24.2. The Balaban J connectivity index is 0.730. The Hall–Kier alpha value is -11.2. The molecule has 0 saturated carbocycles. The molecule has 4 aliphatic rings. The number of nitrogens with zero attached hydrogens (tertiary/aromatic N) is 2. The van der Waals surface area contributed by atoms with Gasteiger partial charge in [0.2, 0.25) is 0 Å². The molecule has 4 heterocycles. The third-order valence-electron chi connectivity index (χ3n) is 20.0. The van der Waals surface area contributed by atoms with Crippen LogP contribution in [0.5, 0.6) is 23.0 Å². The zero-order valence-corrected chi connectivity index (χ0v) is 47.1. The molecule has 2 spiro atoms. The summed E-state index contributed by atoms with van der Waals surface area (Å²) in [6, 6.07) is 108. The fourth-order valence-corrected chi connectivity index (χ4v) is 16.6. The molecule has 2 aliphatic heterocycles. The lowest BCUT2D eigenvalue weighted by Gasteiger charge is -2.39. The summed E-state index contributed by atoms with van der Waals surface area (Å²) in [5.41, 5.74) is 23.1. The van der Waals surface area contributed by atoms with E-state index in [1.807, 2.05) is 0 Å². The van der Waals surface area contributed by atoms with Crippen molar-refractivity contribution in [3.05, 3.63) is 347 Å². The highest BCUT2D eigenvalue weighted by Crippen LogP contribution is 2.65. The highest BCUT2D eigenvalue weighted by Gasteiger charge is 2.53. The fraction of sp³-hybridized carbons (Fsp3) is 0.0361. The van der Waals surface area contributed by atoms with E-state index in [9.17, 15) is 0 Å². The smallest absolute Gasteiger partial charge is 0.133 e. The first-order chi connectivity index (χ1) is 43.1. The summed E-state index contributed by atoms with van der Waals surface area (Å²) in [5, 5.41) is 9.65. The van der Waals surface area contributed by atoms with Crippen LogP contribution in [0, 0.1) is 0 Å². The van der Waals surface area contributed by atoms with Gasteiger partial charge in [-0.2, -0.15) is 0 Å². The highest BCUT2D eigenvalue weighted by atomic mass is 16.5. The maximum atomic E-state index is 7.12. The van der Waals surface area contributed by atoms with Crippen LogP contribution in [-0.4, -0.2) is 9.13 Å². The van der Waals surface area contributed by atoms with Crippen molar-refractivity contribution in [3.63, 3.8) is 0 Å². The molecular weight excluding hydrogens is 1060 g/mol. The minimum atomic E-state index is -0.580. The summed E-state index contributed by atoms with van der Waals surface area (Å²) in [5.74, 6) is 3.57. The van der Waals surface area contributed by atoms with E-state index in [1.165, 1.54) is 110 Å². The van der Waals surface area contributed by atoms with Crippen molar-refractivity contribution >= 4 is 65.2 Å².